The Morgan fingerprint density at radius 1 is 1.08 bits per heavy atom. The molecule has 3 heterocycles. The van der Waals surface area contributed by atoms with Gasteiger partial charge < -0.3 is 15.5 Å². The first-order valence-electron chi connectivity index (χ1n) is 12.4. The van der Waals surface area contributed by atoms with Gasteiger partial charge in [0.2, 0.25) is 0 Å². The molecule has 0 spiro atoms. The van der Waals surface area contributed by atoms with Gasteiger partial charge in [0.1, 0.15) is 16.3 Å². The standard InChI is InChI=1S/C26H24F4N5OS/c27-19-10-16(26(28,29)30)3-6-18(19)21-22-24(35-25(37-22)13-1-2-13)34-23(33-21)14-7-8-36-20(9-14)15(11-31)12-32-17-4-5-17/h3,6,10-14,17,20,32H,1-2,4-5,7-9H2/q-1/b15-12+/t14-,20+/m1/s1. The van der Waals surface area contributed by atoms with Crippen LogP contribution in [-0.4, -0.2) is 39.9 Å². The maximum atomic E-state index is 15.1. The third-order valence-corrected chi connectivity index (χ3v) is 8.21. The van der Waals surface area contributed by atoms with Gasteiger partial charge in [-0.3, -0.25) is 0 Å². The molecule has 2 aliphatic carbocycles. The van der Waals surface area contributed by atoms with E-state index in [1.165, 1.54) is 11.3 Å². The number of fused-ring (bicyclic) bond motifs is 1. The Morgan fingerprint density at radius 3 is 2.57 bits per heavy atom. The van der Waals surface area contributed by atoms with Crippen LogP contribution in [0.2, 0.25) is 0 Å². The highest BCUT2D eigenvalue weighted by molar-refractivity contribution is 7.19. The van der Waals surface area contributed by atoms with E-state index in [0.717, 1.165) is 49.0 Å². The number of nitrogens with one attached hydrogen (secondary N) is 1. The first-order chi connectivity index (χ1) is 17.8. The van der Waals surface area contributed by atoms with Crippen molar-refractivity contribution in [2.45, 2.75) is 68.7 Å². The van der Waals surface area contributed by atoms with E-state index in [9.17, 15) is 18.6 Å². The Hall–Kier alpha value is -2.92. The summed E-state index contributed by atoms with van der Waals surface area (Å²) < 4.78 is 61.0. The average Bonchev–Trinajstić information content (AvgIpc) is 3.82. The van der Waals surface area contributed by atoms with Crippen LogP contribution < -0.4 is 5.32 Å². The number of rotatable bonds is 7. The van der Waals surface area contributed by atoms with E-state index in [1.54, 1.807) is 6.20 Å². The fourth-order valence-electron chi connectivity index (χ4n) is 4.55. The van der Waals surface area contributed by atoms with Crippen LogP contribution in [0.15, 0.2) is 30.0 Å². The molecule has 0 unspecified atom stereocenters. The van der Waals surface area contributed by atoms with E-state index in [0.29, 0.717) is 59.2 Å². The first kappa shape index (κ1) is 24.4. The summed E-state index contributed by atoms with van der Waals surface area (Å²) in [6.45, 7) is 0.416. The average molecular weight is 531 g/mol. The van der Waals surface area contributed by atoms with Gasteiger partial charge in [-0.15, -0.1) is 11.3 Å². The number of benzene rings is 1. The Morgan fingerprint density at radius 2 is 1.89 bits per heavy atom. The van der Waals surface area contributed by atoms with Crippen LogP contribution in [0, 0.1) is 5.82 Å². The zero-order valence-electron chi connectivity index (χ0n) is 19.8. The lowest BCUT2D eigenvalue weighted by Gasteiger charge is -2.30. The van der Waals surface area contributed by atoms with Gasteiger partial charge in [0.15, 0.2) is 5.65 Å². The Bertz CT molecular complexity index is 1380. The Balaban J connectivity index is 1.38. The molecule has 2 atom stereocenters. The van der Waals surface area contributed by atoms with Gasteiger partial charge in [0.25, 0.3) is 0 Å². The van der Waals surface area contributed by atoms with Gasteiger partial charge >= 0.3 is 6.18 Å². The van der Waals surface area contributed by atoms with Crippen LogP contribution in [-0.2, 0) is 10.9 Å². The third kappa shape index (κ3) is 5.11. The minimum absolute atomic E-state index is 0.00540. The molecule has 0 amide bonds. The molecule has 3 aromatic rings. The molecule has 2 saturated carbocycles. The monoisotopic (exact) mass is 530 g/mol. The van der Waals surface area contributed by atoms with Crippen molar-refractivity contribution in [3.05, 3.63) is 57.6 Å². The normalized spacial score (nSPS) is 22.9. The highest BCUT2D eigenvalue weighted by Gasteiger charge is 2.34. The fraction of sp³-hybridized carbons (Fsp3) is 0.462. The number of alkyl halides is 3. The Kier molecular flexibility index (Phi) is 6.22. The van der Waals surface area contributed by atoms with Crippen molar-refractivity contribution in [2.75, 3.05) is 6.61 Å². The lowest BCUT2D eigenvalue weighted by molar-refractivity contribution is -0.137. The molecule has 1 aliphatic heterocycles. The van der Waals surface area contributed by atoms with Crippen molar-refractivity contribution in [3.8, 4) is 11.3 Å². The number of hydrogen-bond acceptors (Lipinski definition) is 6. The Labute approximate surface area is 214 Å². The van der Waals surface area contributed by atoms with Gasteiger partial charge in [-0.2, -0.15) is 19.4 Å². The zero-order chi connectivity index (χ0) is 25.7. The second kappa shape index (κ2) is 9.43. The maximum Gasteiger partial charge on any atom is 0.416 e. The van der Waals surface area contributed by atoms with E-state index >= 15 is 4.39 Å². The fourth-order valence-corrected chi connectivity index (χ4v) is 5.73. The van der Waals surface area contributed by atoms with Crippen LogP contribution in [0.4, 0.5) is 17.6 Å². The van der Waals surface area contributed by atoms with E-state index in [2.05, 4.69) is 5.32 Å². The molecule has 6 nitrogen and oxygen atoms in total. The number of aromatic nitrogens is 3. The minimum atomic E-state index is -4.64. The zero-order valence-corrected chi connectivity index (χ0v) is 20.6. The maximum absolute atomic E-state index is 15.1. The quantitative estimate of drug-likeness (QED) is 0.285. The highest BCUT2D eigenvalue weighted by atomic mass is 32.1. The first-order valence-corrected chi connectivity index (χ1v) is 13.2. The summed E-state index contributed by atoms with van der Waals surface area (Å²) in [4.78, 5) is 14.1. The lowest BCUT2D eigenvalue weighted by Crippen LogP contribution is -2.29. The van der Waals surface area contributed by atoms with Crippen molar-refractivity contribution < 1.29 is 22.3 Å². The van der Waals surface area contributed by atoms with E-state index in [-0.39, 0.29) is 23.3 Å². The minimum Gasteiger partial charge on any atom is -0.810 e. The molecule has 0 radical (unpaired) electrons. The number of halogens is 4. The van der Waals surface area contributed by atoms with Crippen LogP contribution >= 0.6 is 11.3 Å². The van der Waals surface area contributed by atoms with Crippen molar-refractivity contribution in [1.29, 1.82) is 0 Å². The van der Waals surface area contributed by atoms with Crippen LogP contribution in [0.5, 0.6) is 0 Å². The molecule has 1 aromatic carbocycles. The number of nitrogens with zero attached hydrogens (tertiary/aromatic N) is 4. The molecule has 0 bridgehead atoms. The lowest BCUT2D eigenvalue weighted by atomic mass is 9.91. The number of ether oxygens (including phenoxy) is 1. The summed E-state index contributed by atoms with van der Waals surface area (Å²) >= 11 is 1.38. The molecule has 1 saturated heterocycles. The van der Waals surface area contributed by atoms with Crippen molar-refractivity contribution in [2.24, 2.45) is 0 Å². The second-order valence-corrected chi connectivity index (χ2v) is 10.9. The molecule has 2 aromatic heterocycles. The number of thiazole rings is 1. The summed E-state index contributed by atoms with van der Waals surface area (Å²) in [6.07, 6.45) is 3.14. The summed E-state index contributed by atoms with van der Waals surface area (Å²) in [7, 11) is 0. The summed E-state index contributed by atoms with van der Waals surface area (Å²) in [6, 6.07) is 2.95. The smallest absolute Gasteiger partial charge is 0.416 e. The molecular weight excluding hydrogens is 506 g/mol. The van der Waals surface area contributed by atoms with Gasteiger partial charge in [0.05, 0.1) is 22.4 Å². The van der Waals surface area contributed by atoms with Gasteiger partial charge in [-0.1, -0.05) is 0 Å². The summed E-state index contributed by atoms with van der Waals surface area (Å²) in [5.41, 5.74) is 0.270. The summed E-state index contributed by atoms with van der Waals surface area (Å²) in [5.74, 6) is -0.352. The van der Waals surface area contributed by atoms with Crippen LogP contribution in [0.3, 0.4) is 0 Å². The topological polar surface area (TPSA) is 82.2 Å². The van der Waals surface area contributed by atoms with Gasteiger partial charge in [0, 0.05) is 36.2 Å². The van der Waals surface area contributed by atoms with Crippen molar-refractivity contribution in [3.63, 3.8) is 0 Å². The molecule has 6 rings (SSSR count). The van der Waals surface area contributed by atoms with Crippen LogP contribution in [0.1, 0.15) is 66.8 Å². The SMILES string of the molecule is [N-]=C/C(=C\NC1CC1)[C@@H]1C[C@H](c2nc(-c3ccc(C(F)(F)F)cc3F)c3sc(C4CC4)nc3n2)CCO1. The van der Waals surface area contributed by atoms with Crippen LogP contribution in [0.25, 0.3) is 27.0 Å². The molecule has 37 heavy (non-hydrogen) atoms. The van der Waals surface area contributed by atoms with E-state index < -0.39 is 17.6 Å². The molecule has 11 heteroatoms. The largest absolute Gasteiger partial charge is 0.810 e. The second-order valence-electron chi connectivity index (χ2n) is 9.90. The predicted molar refractivity (Wildman–Crippen MR) is 133 cm³/mol. The molecular formula is C26H24F4N5OS-. The van der Waals surface area contributed by atoms with Crippen molar-refractivity contribution >= 4 is 27.9 Å². The molecule has 3 fully saturated rings. The predicted octanol–water partition coefficient (Wildman–Crippen LogP) is 6.33. The highest BCUT2D eigenvalue weighted by Crippen LogP contribution is 2.45. The van der Waals surface area contributed by atoms with E-state index in [4.69, 9.17) is 19.7 Å². The molecule has 194 valence electrons. The molecule has 3 aliphatic rings. The van der Waals surface area contributed by atoms with E-state index in [1.807, 2.05) is 0 Å². The van der Waals surface area contributed by atoms with Gasteiger partial charge in [-0.05, 0) is 62.3 Å². The van der Waals surface area contributed by atoms with Crippen molar-refractivity contribution in [1.82, 2.24) is 20.3 Å². The third-order valence-electron chi connectivity index (χ3n) is 7.00. The van der Waals surface area contributed by atoms with Gasteiger partial charge in [-0.25, -0.2) is 19.3 Å². The number of hydrogen-bond donors (Lipinski definition) is 1. The summed E-state index contributed by atoms with van der Waals surface area (Å²) in [5, 5.41) is 14.0. The molecule has 1 N–H and O–H groups in total.